The zero-order valence-electron chi connectivity index (χ0n) is 15.8. The highest BCUT2D eigenvalue weighted by atomic mass is 16.5. The van der Waals surface area contributed by atoms with Crippen molar-refractivity contribution in [3.63, 3.8) is 0 Å². The van der Waals surface area contributed by atoms with Gasteiger partial charge in [-0.1, -0.05) is 60.2 Å². The lowest BCUT2D eigenvalue weighted by Crippen LogP contribution is -2.38. The number of hydrogen-bond donors (Lipinski definition) is 1. The molecular formula is C24H22N2O2. The summed E-state index contributed by atoms with van der Waals surface area (Å²) in [6.07, 6.45) is 2.54. The average molecular weight is 370 g/mol. The maximum Gasteiger partial charge on any atom is 0.294 e. The topological polar surface area (TPSA) is 55.6 Å². The number of nitrogens with two attached hydrogens (primary N) is 1. The summed E-state index contributed by atoms with van der Waals surface area (Å²) in [5.41, 5.74) is 10.6. The van der Waals surface area contributed by atoms with Gasteiger partial charge in [0.1, 0.15) is 0 Å². The van der Waals surface area contributed by atoms with Crippen molar-refractivity contribution >= 4 is 23.4 Å². The Bertz CT molecular complexity index is 1020. The van der Waals surface area contributed by atoms with Gasteiger partial charge >= 0.3 is 0 Å². The van der Waals surface area contributed by atoms with Crippen LogP contribution in [0.4, 0.5) is 11.4 Å². The lowest BCUT2D eigenvalue weighted by molar-refractivity contribution is -0.117. The second-order valence-corrected chi connectivity index (χ2v) is 6.94. The maximum atomic E-state index is 13.2. The molecule has 0 aromatic heterocycles. The molecule has 0 atom stereocenters. The van der Waals surface area contributed by atoms with E-state index in [0.29, 0.717) is 23.7 Å². The van der Waals surface area contributed by atoms with Crippen LogP contribution in [-0.4, -0.2) is 12.5 Å². The number of ether oxygens (including phenoxy) is 1. The Balaban J connectivity index is 1.67. The first kappa shape index (κ1) is 17.9. The summed E-state index contributed by atoms with van der Waals surface area (Å²) in [6, 6.07) is 23.5. The number of anilines is 2. The second-order valence-electron chi connectivity index (χ2n) is 6.94. The van der Waals surface area contributed by atoms with E-state index < -0.39 is 0 Å². The number of nitrogens with zero attached hydrogens (tertiary/aromatic N) is 1. The van der Waals surface area contributed by atoms with Crippen molar-refractivity contribution in [2.45, 2.75) is 13.3 Å². The molecule has 3 aromatic rings. The van der Waals surface area contributed by atoms with Gasteiger partial charge in [-0.25, -0.2) is 0 Å². The van der Waals surface area contributed by atoms with E-state index >= 15 is 0 Å². The van der Waals surface area contributed by atoms with Gasteiger partial charge in [0.15, 0.2) is 11.5 Å². The molecule has 0 aliphatic carbocycles. The number of benzene rings is 3. The molecule has 4 nitrogen and oxygen atoms in total. The molecule has 0 fully saturated rings. The van der Waals surface area contributed by atoms with E-state index in [-0.39, 0.29) is 5.91 Å². The predicted octanol–water partition coefficient (Wildman–Crippen LogP) is 4.59. The van der Waals surface area contributed by atoms with E-state index in [1.165, 1.54) is 11.1 Å². The van der Waals surface area contributed by atoms with Crippen LogP contribution in [0.15, 0.2) is 78.6 Å². The van der Waals surface area contributed by atoms with Crippen LogP contribution in [0, 0.1) is 6.92 Å². The van der Waals surface area contributed by atoms with Crippen molar-refractivity contribution in [1.29, 1.82) is 0 Å². The van der Waals surface area contributed by atoms with E-state index in [1.807, 2.05) is 55.5 Å². The van der Waals surface area contributed by atoms with E-state index in [4.69, 9.17) is 10.5 Å². The Kier molecular flexibility index (Phi) is 4.85. The lowest BCUT2D eigenvalue weighted by Gasteiger charge is -2.31. The highest BCUT2D eigenvalue weighted by Gasteiger charge is 2.30. The van der Waals surface area contributed by atoms with Crippen molar-refractivity contribution in [1.82, 2.24) is 0 Å². The molecule has 0 radical (unpaired) electrons. The standard InChI is InChI=1S/C24H22N2O2/c1-17-7-9-19(10-8-17)15-23-24(27)26(14-13-18-5-3-2-4-6-18)21-12-11-20(25)16-22(21)28-23/h2-12,15-16H,13-14,25H2,1H3/b23-15+. The zero-order valence-corrected chi connectivity index (χ0v) is 15.8. The average Bonchev–Trinajstić information content (AvgIpc) is 2.70. The number of carbonyl (C=O) groups excluding carboxylic acids is 1. The molecule has 0 saturated carbocycles. The van der Waals surface area contributed by atoms with Crippen LogP contribution in [0.2, 0.25) is 0 Å². The summed E-state index contributed by atoms with van der Waals surface area (Å²) in [4.78, 5) is 14.9. The van der Waals surface area contributed by atoms with Crippen molar-refractivity contribution in [3.8, 4) is 5.75 Å². The summed E-state index contributed by atoms with van der Waals surface area (Å²) < 4.78 is 5.93. The van der Waals surface area contributed by atoms with E-state index in [2.05, 4.69) is 12.1 Å². The number of hydrogen-bond acceptors (Lipinski definition) is 3. The van der Waals surface area contributed by atoms with Gasteiger partial charge in [0.05, 0.1) is 5.69 Å². The maximum absolute atomic E-state index is 13.2. The Labute approximate surface area is 164 Å². The first-order valence-corrected chi connectivity index (χ1v) is 9.32. The number of nitrogen functional groups attached to an aromatic ring is 1. The van der Waals surface area contributed by atoms with Crippen molar-refractivity contribution < 1.29 is 9.53 Å². The van der Waals surface area contributed by atoms with Crippen LogP contribution in [0.25, 0.3) is 6.08 Å². The number of amides is 1. The third-order valence-electron chi connectivity index (χ3n) is 4.79. The van der Waals surface area contributed by atoms with E-state index in [1.54, 1.807) is 23.1 Å². The molecule has 140 valence electrons. The summed E-state index contributed by atoms with van der Waals surface area (Å²) in [5, 5.41) is 0. The van der Waals surface area contributed by atoms with E-state index in [9.17, 15) is 4.79 Å². The van der Waals surface area contributed by atoms with Crippen LogP contribution < -0.4 is 15.4 Å². The SMILES string of the molecule is Cc1ccc(/C=C2/Oc3cc(N)ccc3N(CCc3ccccc3)C2=O)cc1. The summed E-state index contributed by atoms with van der Waals surface area (Å²) in [7, 11) is 0. The molecule has 1 heterocycles. The fourth-order valence-corrected chi connectivity index (χ4v) is 3.25. The highest BCUT2D eigenvalue weighted by molar-refractivity contribution is 6.10. The minimum atomic E-state index is -0.145. The molecular weight excluding hydrogens is 348 g/mol. The fraction of sp³-hybridized carbons (Fsp3) is 0.125. The Morgan fingerprint density at radius 1 is 1.00 bits per heavy atom. The van der Waals surface area contributed by atoms with Gasteiger partial charge in [0, 0.05) is 18.3 Å². The molecule has 4 heteroatoms. The van der Waals surface area contributed by atoms with Crippen molar-refractivity contribution in [2.24, 2.45) is 0 Å². The second kappa shape index (κ2) is 7.61. The molecule has 1 aliphatic heterocycles. The Morgan fingerprint density at radius 2 is 1.75 bits per heavy atom. The summed E-state index contributed by atoms with van der Waals surface area (Å²) in [5.74, 6) is 0.759. The molecule has 0 spiro atoms. The van der Waals surface area contributed by atoms with Crippen LogP contribution in [0.3, 0.4) is 0 Å². The van der Waals surface area contributed by atoms with Crippen LogP contribution in [-0.2, 0) is 11.2 Å². The first-order valence-electron chi connectivity index (χ1n) is 9.32. The molecule has 1 aliphatic rings. The summed E-state index contributed by atoms with van der Waals surface area (Å²) in [6.45, 7) is 2.60. The quantitative estimate of drug-likeness (QED) is 0.540. The molecule has 0 saturated heterocycles. The smallest absolute Gasteiger partial charge is 0.294 e. The van der Waals surface area contributed by atoms with Crippen LogP contribution >= 0.6 is 0 Å². The largest absolute Gasteiger partial charge is 0.449 e. The Hall–Kier alpha value is -3.53. The number of fused-ring (bicyclic) bond motifs is 1. The van der Waals surface area contributed by atoms with Crippen LogP contribution in [0.1, 0.15) is 16.7 Å². The van der Waals surface area contributed by atoms with Gasteiger partial charge in [-0.15, -0.1) is 0 Å². The highest BCUT2D eigenvalue weighted by Crippen LogP contribution is 2.37. The lowest BCUT2D eigenvalue weighted by atomic mass is 10.1. The number of rotatable bonds is 4. The molecule has 0 bridgehead atoms. The fourth-order valence-electron chi connectivity index (χ4n) is 3.25. The third kappa shape index (κ3) is 3.76. The third-order valence-corrected chi connectivity index (χ3v) is 4.79. The van der Waals surface area contributed by atoms with Gasteiger partial charge < -0.3 is 15.4 Å². The molecule has 3 aromatic carbocycles. The molecule has 1 amide bonds. The van der Waals surface area contributed by atoms with Crippen molar-refractivity contribution in [2.75, 3.05) is 17.2 Å². The minimum absolute atomic E-state index is 0.145. The number of aryl methyl sites for hydroxylation is 1. The van der Waals surface area contributed by atoms with E-state index in [0.717, 1.165) is 17.7 Å². The van der Waals surface area contributed by atoms with Crippen molar-refractivity contribution in [3.05, 3.63) is 95.2 Å². The minimum Gasteiger partial charge on any atom is -0.449 e. The summed E-state index contributed by atoms with van der Waals surface area (Å²) >= 11 is 0. The zero-order chi connectivity index (χ0) is 19.5. The number of carbonyl (C=O) groups is 1. The Morgan fingerprint density at radius 3 is 2.50 bits per heavy atom. The predicted molar refractivity (Wildman–Crippen MR) is 113 cm³/mol. The normalized spacial score (nSPS) is 14.7. The van der Waals surface area contributed by atoms with Gasteiger partial charge in [0.2, 0.25) is 0 Å². The first-order chi connectivity index (χ1) is 13.6. The van der Waals surface area contributed by atoms with Gasteiger partial charge in [-0.05, 0) is 42.7 Å². The molecule has 28 heavy (non-hydrogen) atoms. The van der Waals surface area contributed by atoms with Gasteiger partial charge in [0.25, 0.3) is 5.91 Å². The van der Waals surface area contributed by atoms with Crippen LogP contribution in [0.5, 0.6) is 5.75 Å². The van der Waals surface area contributed by atoms with Gasteiger partial charge in [-0.3, -0.25) is 4.79 Å². The molecule has 2 N–H and O–H groups in total. The van der Waals surface area contributed by atoms with Gasteiger partial charge in [-0.2, -0.15) is 0 Å². The molecule has 0 unspecified atom stereocenters. The monoisotopic (exact) mass is 370 g/mol. The molecule has 4 rings (SSSR count).